The highest BCUT2D eigenvalue weighted by Gasteiger charge is 2.64. The lowest BCUT2D eigenvalue weighted by atomic mass is 9.70. The van der Waals surface area contributed by atoms with Crippen LogP contribution in [0.5, 0.6) is 0 Å². The van der Waals surface area contributed by atoms with Crippen molar-refractivity contribution in [3.8, 4) is 0 Å². The number of aliphatic hydroxyl groups excluding tert-OH is 1. The number of aliphatic hydroxyl groups is 1. The highest BCUT2D eigenvalue weighted by molar-refractivity contribution is 7.81. The topological polar surface area (TPSA) is 20.2 Å². The largest absolute Gasteiger partial charge is 0.393 e. The fourth-order valence-electron chi connectivity index (χ4n) is 3.26. The Kier molecular flexibility index (Phi) is 1.64. The van der Waals surface area contributed by atoms with Gasteiger partial charge in [0.1, 0.15) is 0 Å². The van der Waals surface area contributed by atoms with Gasteiger partial charge in [-0.2, -0.15) is 12.6 Å². The lowest BCUT2D eigenvalue weighted by Gasteiger charge is -2.36. The molecule has 0 saturated heterocycles. The standard InChI is InChI=1S/C10H18OS/c1-9(2)6-4-8(11)10(9,3)5-7(6)12/h6-8,11-12H,4-5H2,1-3H3. The third-order valence-corrected chi connectivity index (χ3v) is 5.25. The van der Waals surface area contributed by atoms with Crippen molar-refractivity contribution in [2.45, 2.75) is 45.0 Å². The Balaban J connectivity index is 2.41. The van der Waals surface area contributed by atoms with Gasteiger partial charge in [0, 0.05) is 5.25 Å². The van der Waals surface area contributed by atoms with Crippen LogP contribution in [0, 0.1) is 16.7 Å². The van der Waals surface area contributed by atoms with Crippen LogP contribution in [0.2, 0.25) is 0 Å². The van der Waals surface area contributed by atoms with Gasteiger partial charge in [0.05, 0.1) is 6.10 Å². The summed E-state index contributed by atoms with van der Waals surface area (Å²) < 4.78 is 0. The third kappa shape index (κ3) is 0.759. The molecule has 0 aliphatic heterocycles. The van der Waals surface area contributed by atoms with E-state index in [0.29, 0.717) is 11.2 Å². The van der Waals surface area contributed by atoms with E-state index in [0.717, 1.165) is 12.8 Å². The van der Waals surface area contributed by atoms with Crippen molar-refractivity contribution in [3.63, 3.8) is 0 Å². The Morgan fingerprint density at radius 1 is 1.33 bits per heavy atom. The SMILES string of the molecule is CC1(C)C2CC(O)C1(C)CC2S. The minimum Gasteiger partial charge on any atom is -0.393 e. The van der Waals surface area contributed by atoms with E-state index in [9.17, 15) is 5.11 Å². The minimum atomic E-state index is -0.0964. The molecule has 0 aromatic heterocycles. The van der Waals surface area contributed by atoms with Gasteiger partial charge in [-0.15, -0.1) is 0 Å². The zero-order chi connectivity index (χ0) is 9.15. The van der Waals surface area contributed by atoms with Crippen molar-refractivity contribution < 1.29 is 5.11 Å². The summed E-state index contributed by atoms with van der Waals surface area (Å²) in [4.78, 5) is 0. The maximum absolute atomic E-state index is 9.90. The molecule has 0 aromatic rings. The summed E-state index contributed by atoms with van der Waals surface area (Å²) in [6.07, 6.45) is 1.94. The van der Waals surface area contributed by atoms with Gasteiger partial charge in [0.2, 0.25) is 0 Å². The summed E-state index contributed by atoms with van der Waals surface area (Å²) in [6.45, 7) is 6.78. The molecule has 1 N–H and O–H groups in total. The lowest BCUT2D eigenvalue weighted by molar-refractivity contribution is 0.0132. The Morgan fingerprint density at radius 2 is 1.92 bits per heavy atom. The van der Waals surface area contributed by atoms with Crippen LogP contribution in [-0.2, 0) is 0 Å². The number of hydrogen-bond acceptors (Lipinski definition) is 2. The van der Waals surface area contributed by atoms with Crippen LogP contribution in [0.3, 0.4) is 0 Å². The zero-order valence-corrected chi connectivity index (χ0v) is 8.94. The Hall–Kier alpha value is 0.310. The predicted octanol–water partition coefficient (Wildman–Crippen LogP) is 2.10. The van der Waals surface area contributed by atoms with Crippen LogP contribution in [0.4, 0.5) is 0 Å². The average molecular weight is 186 g/mol. The molecule has 4 atom stereocenters. The highest BCUT2D eigenvalue weighted by atomic mass is 32.1. The second-order valence-electron chi connectivity index (χ2n) is 5.27. The summed E-state index contributed by atoms with van der Waals surface area (Å²) in [7, 11) is 0. The van der Waals surface area contributed by atoms with E-state index in [1.807, 2.05) is 0 Å². The van der Waals surface area contributed by atoms with Crippen molar-refractivity contribution >= 4 is 12.6 Å². The second kappa shape index (κ2) is 2.21. The second-order valence-corrected chi connectivity index (χ2v) is 5.93. The molecule has 0 amide bonds. The maximum Gasteiger partial charge on any atom is 0.0602 e. The summed E-state index contributed by atoms with van der Waals surface area (Å²) in [5.41, 5.74) is 0.392. The minimum absolute atomic E-state index is 0.0964. The smallest absolute Gasteiger partial charge is 0.0602 e. The first kappa shape index (κ1) is 8.89. The number of rotatable bonds is 0. The molecule has 2 heteroatoms. The van der Waals surface area contributed by atoms with Crippen molar-refractivity contribution in [3.05, 3.63) is 0 Å². The van der Waals surface area contributed by atoms with Crippen LogP contribution >= 0.6 is 12.6 Å². The van der Waals surface area contributed by atoms with Crippen LogP contribution in [0.25, 0.3) is 0 Å². The van der Waals surface area contributed by atoms with Crippen LogP contribution < -0.4 is 0 Å². The summed E-state index contributed by atoms with van der Waals surface area (Å²) in [5, 5.41) is 10.4. The fraction of sp³-hybridized carbons (Fsp3) is 1.00. The molecule has 1 nitrogen and oxygen atoms in total. The number of thiol groups is 1. The van der Waals surface area contributed by atoms with E-state index < -0.39 is 0 Å². The molecule has 0 heterocycles. The molecule has 2 fully saturated rings. The normalized spacial score (nSPS) is 56.2. The number of hydrogen-bond donors (Lipinski definition) is 2. The number of fused-ring (bicyclic) bond motifs is 2. The Labute approximate surface area is 80.0 Å². The first-order valence-corrected chi connectivity index (χ1v) is 5.27. The summed E-state index contributed by atoms with van der Waals surface area (Å²) in [6, 6.07) is 0. The molecule has 0 spiro atoms. The van der Waals surface area contributed by atoms with E-state index >= 15 is 0 Å². The van der Waals surface area contributed by atoms with Gasteiger partial charge >= 0.3 is 0 Å². The molecular weight excluding hydrogens is 168 g/mol. The molecular formula is C10H18OS. The van der Waals surface area contributed by atoms with Crippen LogP contribution in [0.1, 0.15) is 33.6 Å². The monoisotopic (exact) mass is 186 g/mol. The predicted molar refractivity (Wildman–Crippen MR) is 53.4 cm³/mol. The molecule has 2 bridgehead atoms. The van der Waals surface area contributed by atoms with Gasteiger partial charge in [-0.25, -0.2) is 0 Å². The van der Waals surface area contributed by atoms with Crippen molar-refractivity contribution in [2.24, 2.45) is 16.7 Å². The van der Waals surface area contributed by atoms with E-state index in [1.54, 1.807) is 0 Å². The first-order valence-electron chi connectivity index (χ1n) is 4.76. The van der Waals surface area contributed by atoms with E-state index in [2.05, 4.69) is 33.4 Å². The van der Waals surface area contributed by atoms with Crippen molar-refractivity contribution in [1.82, 2.24) is 0 Å². The Bertz CT molecular complexity index is 214. The van der Waals surface area contributed by atoms with Gasteiger partial charge < -0.3 is 5.11 Å². The molecule has 70 valence electrons. The molecule has 2 saturated carbocycles. The first-order chi connectivity index (χ1) is 5.39. The third-order valence-electron chi connectivity index (χ3n) is 4.71. The zero-order valence-electron chi connectivity index (χ0n) is 8.04. The molecule has 0 aromatic carbocycles. The lowest BCUT2D eigenvalue weighted by Crippen LogP contribution is -2.35. The van der Waals surface area contributed by atoms with E-state index in [4.69, 9.17) is 0 Å². The molecule has 2 aliphatic carbocycles. The van der Waals surface area contributed by atoms with Gasteiger partial charge in [0.25, 0.3) is 0 Å². The van der Waals surface area contributed by atoms with Crippen molar-refractivity contribution in [1.29, 1.82) is 0 Å². The average Bonchev–Trinajstić information content (AvgIpc) is 2.18. The van der Waals surface area contributed by atoms with Crippen LogP contribution in [0.15, 0.2) is 0 Å². The molecule has 2 rings (SSSR count). The maximum atomic E-state index is 9.90. The van der Waals surface area contributed by atoms with Gasteiger partial charge in [-0.3, -0.25) is 0 Å². The quantitative estimate of drug-likeness (QED) is 0.555. The summed E-state index contributed by atoms with van der Waals surface area (Å²) >= 11 is 4.59. The van der Waals surface area contributed by atoms with Crippen molar-refractivity contribution in [2.75, 3.05) is 0 Å². The van der Waals surface area contributed by atoms with Crippen LogP contribution in [-0.4, -0.2) is 16.5 Å². The molecule has 4 unspecified atom stereocenters. The summed E-state index contributed by atoms with van der Waals surface area (Å²) in [5.74, 6) is 0.612. The highest BCUT2D eigenvalue weighted by Crippen LogP contribution is 2.66. The Morgan fingerprint density at radius 3 is 2.17 bits per heavy atom. The van der Waals surface area contributed by atoms with Gasteiger partial charge in [-0.05, 0) is 29.6 Å². The van der Waals surface area contributed by atoms with Gasteiger partial charge in [-0.1, -0.05) is 20.8 Å². The van der Waals surface area contributed by atoms with Gasteiger partial charge in [0.15, 0.2) is 0 Å². The van der Waals surface area contributed by atoms with E-state index in [-0.39, 0.29) is 16.9 Å². The molecule has 0 radical (unpaired) electrons. The molecule has 2 aliphatic rings. The molecule has 12 heavy (non-hydrogen) atoms. The fourth-order valence-corrected chi connectivity index (χ4v) is 4.14. The van der Waals surface area contributed by atoms with E-state index in [1.165, 1.54) is 0 Å².